The fourth-order valence-corrected chi connectivity index (χ4v) is 3.28. The number of aromatic nitrogens is 1. The van der Waals surface area contributed by atoms with Crippen molar-refractivity contribution in [2.45, 2.75) is 32.0 Å². The second-order valence-electron chi connectivity index (χ2n) is 6.75. The van der Waals surface area contributed by atoms with Crippen LogP contribution in [0.2, 0.25) is 0 Å². The molecule has 0 bridgehead atoms. The minimum absolute atomic E-state index is 0.00207. The maximum Gasteiger partial charge on any atom is 0.255 e. The van der Waals surface area contributed by atoms with Gasteiger partial charge in [0.2, 0.25) is 0 Å². The van der Waals surface area contributed by atoms with Crippen molar-refractivity contribution in [2.75, 3.05) is 13.1 Å². The van der Waals surface area contributed by atoms with E-state index >= 15 is 0 Å². The number of nitrogens with zero attached hydrogens (tertiary/aromatic N) is 2. The number of ketones is 1. The second kappa shape index (κ2) is 8.73. The van der Waals surface area contributed by atoms with Gasteiger partial charge in [-0.15, -0.1) is 0 Å². The van der Waals surface area contributed by atoms with Gasteiger partial charge in [0.1, 0.15) is 6.17 Å². The molecule has 1 N–H and O–H groups in total. The van der Waals surface area contributed by atoms with E-state index in [1.54, 1.807) is 49.5 Å². The van der Waals surface area contributed by atoms with Crippen molar-refractivity contribution in [2.24, 2.45) is 0 Å². The summed E-state index contributed by atoms with van der Waals surface area (Å²) >= 11 is 0. The van der Waals surface area contributed by atoms with Crippen LogP contribution in [-0.4, -0.2) is 52.8 Å². The lowest BCUT2D eigenvalue weighted by Gasteiger charge is -2.24. The van der Waals surface area contributed by atoms with Crippen molar-refractivity contribution < 1.29 is 18.8 Å². The first-order chi connectivity index (χ1) is 13.5. The molecule has 28 heavy (non-hydrogen) atoms. The van der Waals surface area contributed by atoms with E-state index in [0.29, 0.717) is 23.1 Å². The summed E-state index contributed by atoms with van der Waals surface area (Å²) in [5.41, 5.74) is 1.36. The van der Waals surface area contributed by atoms with Gasteiger partial charge in [-0.25, -0.2) is 4.39 Å². The van der Waals surface area contributed by atoms with E-state index in [1.807, 2.05) is 0 Å². The fourth-order valence-electron chi connectivity index (χ4n) is 3.28. The SMILES string of the molecule is CCC(=O)c1ccc(C(=O)NC[C@@H]2C[C@H](F)CN2C(=O)c2cccnc2)cc1. The van der Waals surface area contributed by atoms with E-state index in [-0.39, 0.29) is 37.1 Å². The number of hydrogen-bond donors (Lipinski definition) is 1. The molecule has 1 saturated heterocycles. The third kappa shape index (κ3) is 4.42. The lowest BCUT2D eigenvalue weighted by atomic mass is 10.1. The Balaban J connectivity index is 1.63. The average molecular weight is 383 g/mol. The highest BCUT2D eigenvalue weighted by Gasteiger charge is 2.36. The third-order valence-electron chi connectivity index (χ3n) is 4.82. The lowest BCUT2D eigenvalue weighted by molar-refractivity contribution is 0.0718. The molecule has 2 atom stereocenters. The zero-order chi connectivity index (χ0) is 20.1. The molecular formula is C21H22FN3O3. The summed E-state index contributed by atoms with van der Waals surface area (Å²) in [6, 6.07) is 9.27. The van der Waals surface area contributed by atoms with Gasteiger partial charge in [0, 0.05) is 42.9 Å². The molecule has 0 spiro atoms. The Morgan fingerprint density at radius 3 is 2.50 bits per heavy atom. The monoisotopic (exact) mass is 383 g/mol. The predicted octanol–water partition coefficient (Wildman–Crippen LogP) is 2.66. The Kier molecular flexibility index (Phi) is 6.13. The Morgan fingerprint density at radius 1 is 1.14 bits per heavy atom. The largest absolute Gasteiger partial charge is 0.350 e. The summed E-state index contributed by atoms with van der Waals surface area (Å²) in [4.78, 5) is 42.0. The highest BCUT2D eigenvalue weighted by molar-refractivity contribution is 5.98. The smallest absolute Gasteiger partial charge is 0.255 e. The normalized spacial score (nSPS) is 18.7. The summed E-state index contributed by atoms with van der Waals surface area (Å²) in [6.07, 6.45) is 2.47. The van der Waals surface area contributed by atoms with Crippen LogP contribution in [0, 0.1) is 0 Å². The van der Waals surface area contributed by atoms with E-state index in [1.165, 1.54) is 11.1 Å². The molecule has 0 unspecified atom stereocenters. The molecule has 0 radical (unpaired) electrons. The van der Waals surface area contributed by atoms with Crippen LogP contribution in [0.3, 0.4) is 0 Å². The van der Waals surface area contributed by atoms with Gasteiger partial charge in [0.25, 0.3) is 11.8 Å². The maximum absolute atomic E-state index is 13.9. The van der Waals surface area contributed by atoms with Crippen LogP contribution in [0.4, 0.5) is 4.39 Å². The van der Waals surface area contributed by atoms with Crippen molar-refractivity contribution >= 4 is 17.6 Å². The van der Waals surface area contributed by atoms with Crippen LogP contribution in [0.1, 0.15) is 50.8 Å². The Labute approximate surface area is 162 Å². The molecular weight excluding hydrogens is 361 g/mol. The number of pyridine rings is 1. The van der Waals surface area contributed by atoms with Gasteiger partial charge in [-0.1, -0.05) is 19.1 Å². The number of likely N-dealkylation sites (tertiary alicyclic amines) is 1. The van der Waals surface area contributed by atoms with Gasteiger partial charge in [-0.05, 0) is 24.3 Å². The molecule has 1 aromatic carbocycles. The minimum Gasteiger partial charge on any atom is -0.350 e. The molecule has 7 heteroatoms. The highest BCUT2D eigenvalue weighted by Crippen LogP contribution is 2.22. The molecule has 1 aliphatic rings. The summed E-state index contributed by atoms with van der Waals surface area (Å²) in [5, 5.41) is 2.76. The van der Waals surface area contributed by atoms with Crippen LogP contribution in [0.15, 0.2) is 48.8 Å². The Bertz CT molecular complexity index is 855. The molecule has 1 aromatic heterocycles. The fraction of sp³-hybridized carbons (Fsp3) is 0.333. The molecule has 2 heterocycles. The second-order valence-corrected chi connectivity index (χ2v) is 6.75. The first-order valence-electron chi connectivity index (χ1n) is 9.26. The van der Waals surface area contributed by atoms with Crippen molar-refractivity contribution in [3.8, 4) is 0 Å². The molecule has 6 nitrogen and oxygen atoms in total. The number of carbonyl (C=O) groups excluding carboxylic acids is 3. The van der Waals surface area contributed by atoms with Crippen LogP contribution in [-0.2, 0) is 0 Å². The van der Waals surface area contributed by atoms with Crippen LogP contribution >= 0.6 is 0 Å². The van der Waals surface area contributed by atoms with Gasteiger partial charge < -0.3 is 10.2 Å². The third-order valence-corrected chi connectivity index (χ3v) is 4.82. The van der Waals surface area contributed by atoms with E-state index < -0.39 is 12.2 Å². The van der Waals surface area contributed by atoms with Crippen molar-refractivity contribution in [3.63, 3.8) is 0 Å². The van der Waals surface area contributed by atoms with Gasteiger partial charge in [0.05, 0.1) is 18.2 Å². The first kappa shape index (κ1) is 19.7. The van der Waals surface area contributed by atoms with Crippen molar-refractivity contribution in [1.82, 2.24) is 15.2 Å². The van der Waals surface area contributed by atoms with Gasteiger partial charge >= 0.3 is 0 Å². The van der Waals surface area contributed by atoms with Crippen LogP contribution in [0.5, 0.6) is 0 Å². The first-order valence-corrected chi connectivity index (χ1v) is 9.26. The van der Waals surface area contributed by atoms with Gasteiger partial charge in [0.15, 0.2) is 5.78 Å². The number of hydrogen-bond acceptors (Lipinski definition) is 4. The van der Waals surface area contributed by atoms with E-state index in [0.717, 1.165) is 0 Å². The standard InChI is InChI=1S/C21H22FN3O3/c1-2-19(26)14-5-7-15(8-6-14)20(27)24-12-18-10-17(22)13-25(18)21(28)16-4-3-9-23-11-16/h3-9,11,17-18H,2,10,12-13H2,1H3,(H,24,27)/t17-,18-/m0/s1. The van der Waals surface area contributed by atoms with Crippen LogP contribution in [0.25, 0.3) is 0 Å². The number of nitrogens with one attached hydrogen (secondary N) is 1. The number of carbonyl (C=O) groups is 3. The predicted molar refractivity (Wildman–Crippen MR) is 102 cm³/mol. The number of benzene rings is 1. The molecule has 0 saturated carbocycles. The minimum atomic E-state index is -1.12. The Hall–Kier alpha value is -3.09. The quantitative estimate of drug-likeness (QED) is 0.778. The van der Waals surface area contributed by atoms with Crippen molar-refractivity contribution in [3.05, 3.63) is 65.5 Å². The van der Waals surface area contributed by atoms with E-state index in [9.17, 15) is 18.8 Å². The van der Waals surface area contributed by atoms with Gasteiger partial charge in [-0.2, -0.15) is 0 Å². The Morgan fingerprint density at radius 2 is 1.86 bits per heavy atom. The zero-order valence-electron chi connectivity index (χ0n) is 15.6. The van der Waals surface area contributed by atoms with Crippen LogP contribution < -0.4 is 5.32 Å². The van der Waals surface area contributed by atoms with Crippen molar-refractivity contribution in [1.29, 1.82) is 0 Å². The zero-order valence-corrected chi connectivity index (χ0v) is 15.6. The summed E-state index contributed by atoms with van der Waals surface area (Å²) < 4.78 is 13.9. The molecule has 2 aromatic rings. The molecule has 2 amide bonds. The number of amides is 2. The van der Waals surface area contributed by atoms with E-state index in [4.69, 9.17) is 0 Å². The van der Waals surface area contributed by atoms with E-state index in [2.05, 4.69) is 10.3 Å². The topological polar surface area (TPSA) is 79.4 Å². The number of halogens is 1. The maximum atomic E-state index is 13.9. The summed E-state index contributed by atoms with van der Waals surface area (Å²) in [5.74, 6) is -0.613. The number of alkyl halides is 1. The van der Waals surface area contributed by atoms with Gasteiger partial charge in [-0.3, -0.25) is 19.4 Å². The number of rotatable bonds is 6. The molecule has 146 valence electrons. The average Bonchev–Trinajstić information content (AvgIpc) is 3.12. The molecule has 1 fully saturated rings. The highest BCUT2D eigenvalue weighted by atomic mass is 19.1. The molecule has 3 rings (SSSR count). The lowest BCUT2D eigenvalue weighted by Crippen LogP contribution is -2.43. The number of Topliss-reactive ketones (excluding diaryl/α,β-unsaturated/α-hetero) is 1. The summed E-state index contributed by atoms with van der Waals surface area (Å²) in [7, 11) is 0. The molecule has 0 aliphatic carbocycles. The molecule has 1 aliphatic heterocycles. The summed E-state index contributed by atoms with van der Waals surface area (Å²) in [6.45, 7) is 1.93.